The second kappa shape index (κ2) is 8.83. The molecule has 0 aliphatic rings. The fraction of sp³-hybridized carbons (Fsp3) is 0.136. The van der Waals surface area contributed by atoms with E-state index in [-0.39, 0.29) is 5.91 Å². The summed E-state index contributed by atoms with van der Waals surface area (Å²) in [6.07, 6.45) is 0. The van der Waals surface area contributed by atoms with Crippen LogP contribution in [0.15, 0.2) is 84.9 Å². The minimum absolute atomic E-state index is 0.125. The molecule has 0 spiro atoms. The number of para-hydroxylation sites is 1. The maximum Gasteiger partial charge on any atom is 0.269 e. The van der Waals surface area contributed by atoms with Crippen LogP contribution in [-0.4, -0.2) is 13.0 Å². The zero-order valence-corrected chi connectivity index (χ0v) is 14.9. The van der Waals surface area contributed by atoms with Crippen LogP contribution in [0.1, 0.15) is 21.5 Å². The Morgan fingerprint density at radius 1 is 0.769 bits per heavy atom. The van der Waals surface area contributed by atoms with E-state index in [4.69, 9.17) is 0 Å². The lowest BCUT2D eigenvalue weighted by molar-refractivity contribution is 0.0951. The van der Waals surface area contributed by atoms with Gasteiger partial charge in [0.15, 0.2) is 0 Å². The van der Waals surface area contributed by atoms with Crippen LogP contribution >= 0.6 is 0 Å². The normalized spacial score (nSPS) is 10.3. The summed E-state index contributed by atoms with van der Waals surface area (Å²) in [5, 5.41) is 5.13. The van der Waals surface area contributed by atoms with Crippen molar-refractivity contribution in [3.8, 4) is 0 Å². The molecule has 26 heavy (non-hydrogen) atoms. The van der Waals surface area contributed by atoms with Crippen LogP contribution in [0.3, 0.4) is 0 Å². The predicted octanol–water partition coefficient (Wildman–Crippen LogP) is 3.76. The number of amides is 1. The topological polar surface area (TPSA) is 44.4 Å². The molecule has 0 radical (unpaired) electrons. The summed E-state index contributed by atoms with van der Waals surface area (Å²) >= 11 is 0. The minimum Gasteiger partial charge on any atom is -0.309 e. The lowest BCUT2D eigenvalue weighted by atomic mass is 10.1. The van der Waals surface area contributed by atoms with E-state index in [0.717, 1.165) is 24.3 Å². The molecule has 3 rings (SSSR count). The van der Waals surface area contributed by atoms with Crippen molar-refractivity contribution in [2.24, 2.45) is 0 Å². The largest absolute Gasteiger partial charge is 0.309 e. The van der Waals surface area contributed by atoms with Crippen LogP contribution in [0.5, 0.6) is 0 Å². The number of hydrogen-bond donors (Lipinski definition) is 2. The van der Waals surface area contributed by atoms with Gasteiger partial charge in [0.1, 0.15) is 0 Å². The van der Waals surface area contributed by atoms with Crippen molar-refractivity contribution in [2.75, 3.05) is 12.1 Å². The third kappa shape index (κ3) is 4.94. The number of carbonyl (C=O) groups is 1. The fourth-order valence-corrected chi connectivity index (χ4v) is 2.65. The molecule has 4 nitrogen and oxygen atoms in total. The molecule has 0 saturated carbocycles. The Kier molecular flexibility index (Phi) is 6.01. The van der Waals surface area contributed by atoms with Gasteiger partial charge in [-0.25, -0.2) is 0 Å². The zero-order valence-electron chi connectivity index (χ0n) is 14.9. The molecule has 1 amide bonds. The number of carbonyl (C=O) groups excluding carboxylic acids is 1. The Labute approximate surface area is 154 Å². The highest BCUT2D eigenvalue weighted by Crippen LogP contribution is 2.10. The van der Waals surface area contributed by atoms with Crippen LogP contribution in [0, 0.1) is 0 Å². The van der Waals surface area contributed by atoms with Gasteiger partial charge in [0.05, 0.1) is 5.69 Å². The average Bonchev–Trinajstić information content (AvgIpc) is 2.70. The van der Waals surface area contributed by atoms with E-state index < -0.39 is 0 Å². The Hall–Kier alpha value is -3.11. The second-order valence-corrected chi connectivity index (χ2v) is 6.12. The first-order valence-corrected chi connectivity index (χ1v) is 8.66. The van der Waals surface area contributed by atoms with E-state index in [1.165, 1.54) is 5.56 Å². The molecule has 0 heterocycles. The van der Waals surface area contributed by atoms with Crippen LogP contribution in [-0.2, 0) is 13.1 Å². The Balaban J connectivity index is 1.51. The van der Waals surface area contributed by atoms with E-state index in [1.54, 1.807) is 5.01 Å². The van der Waals surface area contributed by atoms with E-state index >= 15 is 0 Å². The smallest absolute Gasteiger partial charge is 0.269 e. The van der Waals surface area contributed by atoms with Crippen LogP contribution < -0.4 is 15.8 Å². The van der Waals surface area contributed by atoms with Gasteiger partial charge in [-0.15, -0.1) is 0 Å². The van der Waals surface area contributed by atoms with Crippen LogP contribution in [0.25, 0.3) is 0 Å². The standard InChI is InChI=1S/C22H23N3O/c1-25(21-10-6-3-7-11-21)24-22(26)20-14-12-19(13-15-20)17-23-16-18-8-4-2-5-9-18/h2-15,23H,16-17H2,1H3,(H,24,26). The molecule has 2 N–H and O–H groups in total. The number of benzene rings is 3. The number of nitrogens with one attached hydrogen (secondary N) is 2. The zero-order chi connectivity index (χ0) is 18.2. The summed E-state index contributed by atoms with van der Waals surface area (Å²) in [6, 6.07) is 27.7. The maximum absolute atomic E-state index is 12.4. The van der Waals surface area contributed by atoms with Crippen molar-refractivity contribution < 1.29 is 4.79 Å². The van der Waals surface area contributed by atoms with E-state index in [1.807, 2.05) is 79.8 Å². The molecular weight excluding hydrogens is 322 g/mol. The van der Waals surface area contributed by atoms with Gasteiger partial charge in [-0.1, -0.05) is 60.7 Å². The maximum atomic E-state index is 12.4. The summed E-state index contributed by atoms with van der Waals surface area (Å²) in [6.45, 7) is 1.59. The number of anilines is 1. The molecule has 0 aliphatic carbocycles. The van der Waals surface area contributed by atoms with E-state index in [0.29, 0.717) is 5.56 Å². The minimum atomic E-state index is -0.125. The predicted molar refractivity (Wildman–Crippen MR) is 106 cm³/mol. The molecule has 4 heteroatoms. The van der Waals surface area contributed by atoms with Gasteiger partial charge in [0.2, 0.25) is 0 Å². The summed E-state index contributed by atoms with van der Waals surface area (Å²) in [5.41, 5.74) is 6.85. The highest BCUT2D eigenvalue weighted by Gasteiger charge is 2.08. The molecule has 0 bridgehead atoms. The number of hydrazine groups is 1. The summed E-state index contributed by atoms with van der Waals surface area (Å²) < 4.78 is 0. The lowest BCUT2D eigenvalue weighted by Gasteiger charge is -2.20. The molecule has 3 aromatic rings. The van der Waals surface area contributed by atoms with Gasteiger partial charge in [0, 0.05) is 25.7 Å². The Bertz CT molecular complexity index is 817. The molecule has 0 fully saturated rings. The van der Waals surface area contributed by atoms with Crippen molar-refractivity contribution in [2.45, 2.75) is 13.1 Å². The van der Waals surface area contributed by atoms with Crippen LogP contribution in [0.2, 0.25) is 0 Å². The summed E-state index contributed by atoms with van der Waals surface area (Å²) in [7, 11) is 1.83. The van der Waals surface area contributed by atoms with Gasteiger partial charge in [-0.2, -0.15) is 0 Å². The van der Waals surface area contributed by atoms with Crippen molar-refractivity contribution in [1.29, 1.82) is 0 Å². The fourth-order valence-electron chi connectivity index (χ4n) is 2.65. The van der Waals surface area contributed by atoms with E-state index in [2.05, 4.69) is 22.9 Å². The van der Waals surface area contributed by atoms with Gasteiger partial charge < -0.3 is 5.32 Å². The van der Waals surface area contributed by atoms with E-state index in [9.17, 15) is 4.79 Å². The van der Waals surface area contributed by atoms with Crippen molar-refractivity contribution >= 4 is 11.6 Å². The third-order valence-electron chi connectivity index (χ3n) is 4.13. The Morgan fingerprint density at radius 3 is 1.92 bits per heavy atom. The molecule has 132 valence electrons. The SMILES string of the molecule is CN(NC(=O)c1ccc(CNCc2ccccc2)cc1)c1ccccc1. The van der Waals surface area contributed by atoms with Crippen molar-refractivity contribution in [3.63, 3.8) is 0 Å². The summed E-state index contributed by atoms with van der Waals surface area (Å²) in [4.78, 5) is 12.4. The number of nitrogens with zero attached hydrogens (tertiary/aromatic N) is 1. The van der Waals surface area contributed by atoms with Gasteiger partial charge >= 0.3 is 0 Å². The van der Waals surface area contributed by atoms with Gasteiger partial charge in [-0.3, -0.25) is 15.2 Å². The summed E-state index contributed by atoms with van der Waals surface area (Å²) in [5.74, 6) is -0.125. The van der Waals surface area contributed by atoms with Crippen LogP contribution in [0.4, 0.5) is 5.69 Å². The number of hydrogen-bond acceptors (Lipinski definition) is 3. The second-order valence-electron chi connectivity index (χ2n) is 6.12. The van der Waals surface area contributed by atoms with Gasteiger partial charge in [-0.05, 0) is 35.4 Å². The molecule has 0 aliphatic heterocycles. The number of rotatable bonds is 7. The van der Waals surface area contributed by atoms with Gasteiger partial charge in [0.25, 0.3) is 5.91 Å². The van der Waals surface area contributed by atoms with Crippen molar-refractivity contribution in [1.82, 2.24) is 10.7 Å². The first-order chi connectivity index (χ1) is 12.7. The molecule has 3 aromatic carbocycles. The first-order valence-electron chi connectivity index (χ1n) is 8.66. The molecule has 0 unspecified atom stereocenters. The monoisotopic (exact) mass is 345 g/mol. The molecule has 0 atom stereocenters. The highest BCUT2D eigenvalue weighted by atomic mass is 16.2. The molecule has 0 aromatic heterocycles. The average molecular weight is 345 g/mol. The molecule has 0 saturated heterocycles. The quantitative estimate of drug-likeness (QED) is 0.641. The highest BCUT2D eigenvalue weighted by molar-refractivity contribution is 5.95. The third-order valence-corrected chi connectivity index (χ3v) is 4.13. The first kappa shape index (κ1) is 17.7. The molecular formula is C22H23N3O. The lowest BCUT2D eigenvalue weighted by Crippen LogP contribution is -2.39. The Morgan fingerprint density at radius 2 is 1.31 bits per heavy atom. The van der Waals surface area contributed by atoms with Crippen molar-refractivity contribution in [3.05, 3.63) is 102 Å².